The summed E-state index contributed by atoms with van der Waals surface area (Å²) in [6, 6.07) is 0. The van der Waals surface area contributed by atoms with E-state index < -0.39 is 0 Å². The lowest BCUT2D eigenvalue weighted by Crippen LogP contribution is -1.98. The fourth-order valence-electron chi connectivity index (χ4n) is 0.846. The summed E-state index contributed by atoms with van der Waals surface area (Å²) in [5.74, 6) is 0.593. The van der Waals surface area contributed by atoms with Crippen LogP contribution in [0.15, 0.2) is 19.4 Å². The van der Waals surface area contributed by atoms with Crippen LogP contribution in [0, 0.1) is 0 Å². The molecule has 1 aromatic rings. The molecule has 0 unspecified atom stereocenters. The summed E-state index contributed by atoms with van der Waals surface area (Å²) in [7, 11) is 1.77. The Morgan fingerprint density at radius 1 is 1.50 bits per heavy atom. The minimum atomic E-state index is 0. The molecule has 1 heterocycles. The normalized spacial score (nSPS) is 9.08. The highest BCUT2D eigenvalue weighted by Crippen LogP contribution is 2.09. The summed E-state index contributed by atoms with van der Waals surface area (Å²) in [5.41, 5.74) is 1.69. The van der Waals surface area contributed by atoms with E-state index in [1.54, 1.807) is 25.4 Å². The third kappa shape index (κ3) is 1.50. The van der Waals surface area contributed by atoms with Crippen LogP contribution in [0.3, 0.4) is 0 Å². The summed E-state index contributed by atoms with van der Waals surface area (Å²) in [6.45, 7) is 7.30. The summed E-state index contributed by atoms with van der Waals surface area (Å²) in [5, 5.41) is 2.85. The number of nitrogens with zero attached hydrogens (tertiary/aromatic N) is 2. The van der Waals surface area contributed by atoms with Crippen LogP contribution < -0.4 is 5.32 Å². The van der Waals surface area contributed by atoms with E-state index in [0.29, 0.717) is 5.95 Å². The molecule has 3 heteroatoms. The van der Waals surface area contributed by atoms with Crippen molar-refractivity contribution in [3.05, 3.63) is 30.6 Å². The second kappa shape index (κ2) is 3.67. The van der Waals surface area contributed by atoms with Crippen molar-refractivity contribution in [1.29, 1.82) is 0 Å². The summed E-state index contributed by atoms with van der Waals surface area (Å²) in [4.78, 5) is 8.20. The molecular formula is C9H13N3. The first-order valence-corrected chi connectivity index (χ1v) is 3.61. The van der Waals surface area contributed by atoms with Gasteiger partial charge in [-0.3, -0.25) is 0 Å². The van der Waals surface area contributed by atoms with Crippen molar-refractivity contribution in [1.82, 2.24) is 9.97 Å². The molecule has 0 atom stereocenters. The standard InChI is InChI=1S/C9H11N3.H2/c1-4-7-6-11-9(10-3)12-8(7)5-2;/h4-6H,1-2H2,3H3,(H,10,11,12);1H. The zero-order chi connectivity index (χ0) is 8.97. The van der Waals surface area contributed by atoms with Gasteiger partial charge in [0.1, 0.15) is 0 Å². The number of rotatable bonds is 3. The maximum Gasteiger partial charge on any atom is 0.222 e. The van der Waals surface area contributed by atoms with Crippen molar-refractivity contribution >= 4 is 18.1 Å². The SMILES string of the molecule is C=Cc1cnc(NC)nc1C=C.[HH]. The molecule has 1 rings (SSSR count). The van der Waals surface area contributed by atoms with Crippen molar-refractivity contribution in [3.8, 4) is 0 Å². The third-order valence-corrected chi connectivity index (χ3v) is 1.48. The molecule has 0 bridgehead atoms. The first-order chi connectivity index (χ1) is 5.81. The van der Waals surface area contributed by atoms with E-state index in [0.717, 1.165) is 11.3 Å². The largest absolute Gasteiger partial charge is 0.357 e. The molecular weight excluding hydrogens is 150 g/mol. The fourth-order valence-corrected chi connectivity index (χ4v) is 0.846. The molecule has 1 aromatic heterocycles. The molecule has 1 N–H and O–H groups in total. The monoisotopic (exact) mass is 163 g/mol. The first kappa shape index (κ1) is 8.46. The summed E-state index contributed by atoms with van der Waals surface area (Å²) >= 11 is 0. The van der Waals surface area contributed by atoms with Gasteiger partial charge in [-0.1, -0.05) is 19.2 Å². The molecule has 0 spiro atoms. The smallest absolute Gasteiger partial charge is 0.222 e. The molecule has 0 amide bonds. The molecule has 0 aliphatic rings. The number of hydrogen-bond donors (Lipinski definition) is 1. The van der Waals surface area contributed by atoms with E-state index in [2.05, 4.69) is 28.4 Å². The van der Waals surface area contributed by atoms with Crippen LogP contribution in [0.1, 0.15) is 12.7 Å². The van der Waals surface area contributed by atoms with Crippen molar-refractivity contribution in [2.24, 2.45) is 0 Å². The van der Waals surface area contributed by atoms with E-state index in [1.807, 2.05) is 0 Å². The average molecular weight is 163 g/mol. The summed E-state index contributed by atoms with van der Waals surface area (Å²) < 4.78 is 0. The molecule has 0 fully saturated rings. The topological polar surface area (TPSA) is 37.8 Å². The van der Waals surface area contributed by atoms with Crippen LogP contribution in [0.4, 0.5) is 5.95 Å². The lowest BCUT2D eigenvalue weighted by molar-refractivity contribution is 1.13. The van der Waals surface area contributed by atoms with Gasteiger partial charge in [-0.05, 0) is 6.08 Å². The van der Waals surface area contributed by atoms with Gasteiger partial charge >= 0.3 is 0 Å². The Labute approximate surface area is 73.4 Å². The molecule has 12 heavy (non-hydrogen) atoms. The number of nitrogens with one attached hydrogen (secondary N) is 1. The predicted octanol–water partition coefficient (Wildman–Crippen LogP) is 2.05. The predicted molar refractivity (Wildman–Crippen MR) is 53.9 cm³/mol. The van der Waals surface area contributed by atoms with Gasteiger partial charge in [0.25, 0.3) is 0 Å². The molecule has 0 aliphatic carbocycles. The summed E-state index contributed by atoms with van der Waals surface area (Å²) in [6.07, 6.45) is 5.10. The van der Waals surface area contributed by atoms with Gasteiger partial charge in [0.05, 0.1) is 5.69 Å². The quantitative estimate of drug-likeness (QED) is 0.741. The zero-order valence-electron chi connectivity index (χ0n) is 7.04. The van der Waals surface area contributed by atoms with Gasteiger partial charge < -0.3 is 5.32 Å². The Balaban J connectivity index is 0.00000144. The Morgan fingerprint density at radius 2 is 2.25 bits per heavy atom. The zero-order valence-corrected chi connectivity index (χ0v) is 7.04. The van der Waals surface area contributed by atoms with Gasteiger partial charge in [-0.25, -0.2) is 9.97 Å². The van der Waals surface area contributed by atoms with Crippen LogP contribution in [0.25, 0.3) is 12.2 Å². The van der Waals surface area contributed by atoms with Crippen LogP contribution in [0.5, 0.6) is 0 Å². The van der Waals surface area contributed by atoms with Crippen molar-refractivity contribution < 1.29 is 1.43 Å². The van der Waals surface area contributed by atoms with Gasteiger partial charge in [0.15, 0.2) is 0 Å². The maximum atomic E-state index is 4.17. The maximum absolute atomic E-state index is 4.17. The van der Waals surface area contributed by atoms with Crippen molar-refractivity contribution in [3.63, 3.8) is 0 Å². The Morgan fingerprint density at radius 3 is 2.75 bits per heavy atom. The molecule has 0 radical (unpaired) electrons. The van der Waals surface area contributed by atoms with Crippen molar-refractivity contribution in [2.75, 3.05) is 12.4 Å². The molecule has 3 nitrogen and oxygen atoms in total. The number of aromatic nitrogens is 2. The number of hydrogen-bond acceptors (Lipinski definition) is 3. The van der Waals surface area contributed by atoms with Crippen LogP contribution in [-0.2, 0) is 0 Å². The molecule has 0 aliphatic heterocycles. The average Bonchev–Trinajstić information content (AvgIpc) is 2.16. The van der Waals surface area contributed by atoms with Gasteiger partial charge in [-0.15, -0.1) is 0 Å². The third-order valence-electron chi connectivity index (χ3n) is 1.48. The van der Waals surface area contributed by atoms with Gasteiger partial charge in [0.2, 0.25) is 5.95 Å². The second-order valence-electron chi connectivity index (χ2n) is 2.19. The highest BCUT2D eigenvalue weighted by Gasteiger charge is 1.98. The molecule has 0 aromatic carbocycles. The molecule has 0 saturated heterocycles. The Kier molecular flexibility index (Phi) is 2.58. The molecule has 0 saturated carbocycles. The van der Waals surface area contributed by atoms with Gasteiger partial charge in [0, 0.05) is 20.2 Å². The van der Waals surface area contributed by atoms with E-state index in [9.17, 15) is 0 Å². The Hall–Kier alpha value is -1.64. The highest BCUT2D eigenvalue weighted by molar-refractivity contribution is 5.60. The fraction of sp³-hybridized carbons (Fsp3) is 0.111. The minimum absolute atomic E-state index is 0. The van der Waals surface area contributed by atoms with Gasteiger partial charge in [-0.2, -0.15) is 0 Å². The lowest BCUT2D eigenvalue weighted by Gasteiger charge is -2.01. The lowest BCUT2D eigenvalue weighted by atomic mass is 10.2. The van der Waals surface area contributed by atoms with E-state index >= 15 is 0 Å². The van der Waals surface area contributed by atoms with E-state index in [4.69, 9.17) is 0 Å². The Bertz CT molecular complexity index is 310. The van der Waals surface area contributed by atoms with E-state index in [-0.39, 0.29) is 1.43 Å². The second-order valence-corrected chi connectivity index (χ2v) is 2.19. The minimum Gasteiger partial charge on any atom is -0.357 e. The highest BCUT2D eigenvalue weighted by atomic mass is 15.1. The van der Waals surface area contributed by atoms with Crippen LogP contribution in [0.2, 0.25) is 0 Å². The first-order valence-electron chi connectivity index (χ1n) is 3.61. The van der Waals surface area contributed by atoms with Crippen LogP contribution in [-0.4, -0.2) is 17.0 Å². The number of anilines is 1. The molecule has 64 valence electrons. The van der Waals surface area contributed by atoms with E-state index in [1.165, 1.54) is 0 Å². The van der Waals surface area contributed by atoms with Crippen LogP contribution >= 0.6 is 0 Å². The van der Waals surface area contributed by atoms with Crippen molar-refractivity contribution in [2.45, 2.75) is 0 Å².